The van der Waals surface area contributed by atoms with E-state index in [4.69, 9.17) is 0 Å². The largest absolute Gasteiger partial charge is 0.385 e. The van der Waals surface area contributed by atoms with Crippen LogP contribution in [0.2, 0.25) is 0 Å². The minimum atomic E-state index is -0.682. The van der Waals surface area contributed by atoms with Gasteiger partial charge >= 0.3 is 0 Å². The molecule has 0 bridgehead atoms. The molecule has 0 radical (unpaired) electrons. The van der Waals surface area contributed by atoms with Crippen molar-refractivity contribution in [3.63, 3.8) is 0 Å². The van der Waals surface area contributed by atoms with Crippen molar-refractivity contribution in [3.8, 4) is 0 Å². The van der Waals surface area contributed by atoms with Gasteiger partial charge in [-0.2, -0.15) is 0 Å². The minimum Gasteiger partial charge on any atom is -0.385 e. The monoisotopic (exact) mass is 437 g/mol. The third kappa shape index (κ3) is 4.85. The molecule has 1 aliphatic carbocycles. The normalized spacial score (nSPS) is 27.7. The topological polar surface area (TPSA) is 30.0 Å². The van der Waals surface area contributed by atoms with Crippen LogP contribution in [0.15, 0.2) is 48.5 Å². The number of hydrogen-bond acceptors (Lipinski definition) is 4. The van der Waals surface area contributed by atoms with Gasteiger partial charge in [-0.25, -0.2) is 4.39 Å². The molecule has 1 saturated carbocycles. The molecule has 172 valence electrons. The Balaban J connectivity index is 1.12. The molecule has 3 fully saturated rings. The van der Waals surface area contributed by atoms with Gasteiger partial charge in [0.2, 0.25) is 0 Å². The molecule has 4 nitrogen and oxygen atoms in total. The van der Waals surface area contributed by atoms with Crippen LogP contribution in [-0.4, -0.2) is 60.2 Å². The first-order valence-electron chi connectivity index (χ1n) is 12.4. The average molecular weight is 438 g/mol. The fourth-order valence-electron chi connectivity index (χ4n) is 5.85. The van der Waals surface area contributed by atoms with Crippen LogP contribution in [0.25, 0.3) is 0 Å². The van der Waals surface area contributed by atoms with E-state index in [2.05, 4.69) is 39.0 Å². The lowest BCUT2D eigenvalue weighted by Gasteiger charge is -2.44. The van der Waals surface area contributed by atoms with E-state index < -0.39 is 5.60 Å². The van der Waals surface area contributed by atoms with Crippen LogP contribution in [-0.2, 0) is 12.1 Å². The summed E-state index contributed by atoms with van der Waals surface area (Å²) in [5.74, 6) is -0.177. The summed E-state index contributed by atoms with van der Waals surface area (Å²) in [6.07, 6.45) is 6.40. The molecule has 32 heavy (non-hydrogen) atoms. The number of aliphatic hydroxyl groups is 1. The lowest BCUT2D eigenvalue weighted by Crippen LogP contribution is -2.52. The Morgan fingerprint density at radius 1 is 0.812 bits per heavy atom. The number of rotatable bonds is 5. The van der Waals surface area contributed by atoms with Crippen molar-refractivity contribution in [1.29, 1.82) is 0 Å². The van der Waals surface area contributed by atoms with Gasteiger partial charge in [0, 0.05) is 44.5 Å². The number of anilines is 1. The molecule has 0 atom stereocenters. The number of hydrogen-bond donors (Lipinski definition) is 1. The molecule has 2 saturated heterocycles. The second-order valence-electron chi connectivity index (χ2n) is 9.94. The summed E-state index contributed by atoms with van der Waals surface area (Å²) >= 11 is 0. The van der Waals surface area contributed by atoms with Crippen molar-refractivity contribution >= 4 is 5.69 Å². The fourth-order valence-corrected chi connectivity index (χ4v) is 5.85. The molecule has 2 aliphatic heterocycles. The Labute approximate surface area is 191 Å². The zero-order valence-corrected chi connectivity index (χ0v) is 19.1. The SMILES string of the molecule is O[C@]1(c2ccc(CN3CCCC3)cc2)CC[C@@H](N2CCN(c3ccc(F)cc3)CC2)CC1. The van der Waals surface area contributed by atoms with Crippen molar-refractivity contribution in [1.82, 2.24) is 9.80 Å². The van der Waals surface area contributed by atoms with Gasteiger partial charge in [-0.15, -0.1) is 0 Å². The third-order valence-electron chi connectivity index (χ3n) is 7.90. The lowest BCUT2D eigenvalue weighted by molar-refractivity contribution is -0.0257. The van der Waals surface area contributed by atoms with E-state index in [0.717, 1.165) is 69.7 Å². The molecule has 0 aromatic heterocycles. The Morgan fingerprint density at radius 2 is 1.44 bits per heavy atom. The average Bonchev–Trinajstić information content (AvgIpc) is 3.34. The van der Waals surface area contributed by atoms with E-state index in [1.54, 1.807) is 12.1 Å². The maximum absolute atomic E-state index is 13.2. The molecule has 0 unspecified atom stereocenters. The molecule has 0 amide bonds. The van der Waals surface area contributed by atoms with Crippen LogP contribution in [0.4, 0.5) is 10.1 Å². The van der Waals surface area contributed by atoms with Crippen LogP contribution in [0.3, 0.4) is 0 Å². The van der Waals surface area contributed by atoms with Crippen molar-refractivity contribution in [2.24, 2.45) is 0 Å². The van der Waals surface area contributed by atoms with Crippen LogP contribution in [0.1, 0.15) is 49.7 Å². The van der Waals surface area contributed by atoms with Gasteiger partial charge in [-0.1, -0.05) is 24.3 Å². The first-order valence-corrected chi connectivity index (χ1v) is 12.4. The number of benzene rings is 2. The fraction of sp³-hybridized carbons (Fsp3) is 0.556. The van der Waals surface area contributed by atoms with Crippen molar-refractivity contribution in [3.05, 3.63) is 65.5 Å². The zero-order valence-electron chi connectivity index (χ0n) is 19.1. The Kier molecular flexibility index (Phi) is 6.49. The molecule has 2 aromatic rings. The van der Waals surface area contributed by atoms with Gasteiger partial charge in [0.05, 0.1) is 5.60 Å². The Bertz CT molecular complexity index is 863. The zero-order chi connectivity index (χ0) is 22.0. The number of likely N-dealkylation sites (tertiary alicyclic amines) is 1. The van der Waals surface area contributed by atoms with Crippen LogP contribution in [0, 0.1) is 5.82 Å². The predicted molar refractivity (Wildman–Crippen MR) is 127 cm³/mol. The van der Waals surface area contributed by atoms with Gasteiger partial charge in [0.15, 0.2) is 0 Å². The van der Waals surface area contributed by atoms with Crippen LogP contribution in [0.5, 0.6) is 0 Å². The summed E-state index contributed by atoms with van der Waals surface area (Å²) < 4.78 is 13.2. The second-order valence-corrected chi connectivity index (χ2v) is 9.94. The third-order valence-corrected chi connectivity index (χ3v) is 7.90. The number of nitrogens with zero attached hydrogens (tertiary/aromatic N) is 3. The maximum atomic E-state index is 13.2. The molecule has 2 aromatic carbocycles. The number of halogens is 1. The van der Waals surface area contributed by atoms with E-state index in [1.807, 2.05) is 12.1 Å². The second kappa shape index (κ2) is 9.50. The highest BCUT2D eigenvalue weighted by molar-refractivity contribution is 5.46. The Hall–Kier alpha value is -1.95. The molecule has 1 N–H and O–H groups in total. The molecule has 5 rings (SSSR count). The molecule has 2 heterocycles. The van der Waals surface area contributed by atoms with E-state index in [1.165, 1.54) is 31.5 Å². The molecular formula is C27H36FN3O. The quantitative estimate of drug-likeness (QED) is 0.752. The van der Waals surface area contributed by atoms with Crippen LogP contribution < -0.4 is 4.90 Å². The van der Waals surface area contributed by atoms with Gasteiger partial charge < -0.3 is 10.0 Å². The van der Waals surface area contributed by atoms with Gasteiger partial charge in [0.1, 0.15) is 5.82 Å². The van der Waals surface area contributed by atoms with E-state index in [0.29, 0.717) is 6.04 Å². The molecule has 3 aliphatic rings. The summed E-state index contributed by atoms with van der Waals surface area (Å²) in [5, 5.41) is 11.4. The van der Waals surface area contributed by atoms with Crippen molar-refractivity contribution in [2.75, 3.05) is 44.2 Å². The summed E-state index contributed by atoms with van der Waals surface area (Å²) in [6, 6.07) is 16.1. The molecule has 5 heteroatoms. The van der Waals surface area contributed by atoms with Crippen LogP contribution >= 0.6 is 0 Å². The predicted octanol–water partition coefficient (Wildman–Crippen LogP) is 4.37. The van der Waals surface area contributed by atoms with E-state index in [-0.39, 0.29) is 5.82 Å². The minimum absolute atomic E-state index is 0.177. The van der Waals surface area contributed by atoms with Gasteiger partial charge in [-0.05, 0) is 87.0 Å². The van der Waals surface area contributed by atoms with Gasteiger partial charge in [-0.3, -0.25) is 9.80 Å². The highest BCUT2D eigenvalue weighted by Crippen LogP contribution is 2.39. The highest BCUT2D eigenvalue weighted by Gasteiger charge is 2.37. The highest BCUT2D eigenvalue weighted by atomic mass is 19.1. The molecule has 0 spiro atoms. The first kappa shape index (κ1) is 21.9. The first-order chi connectivity index (χ1) is 15.6. The van der Waals surface area contributed by atoms with Gasteiger partial charge in [0.25, 0.3) is 0 Å². The lowest BCUT2D eigenvalue weighted by atomic mass is 9.77. The van der Waals surface area contributed by atoms with Crippen molar-refractivity contribution < 1.29 is 9.50 Å². The smallest absolute Gasteiger partial charge is 0.123 e. The number of piperazine rings is 1. The summed E-state index contributed by atoms with van der Waals surface area (Å²) in [7, 11) is 0. The van der Waals surface area contributed by atoms with E-state index in [9.17, 15) is 9.50 Å². The standard InChI is InChI=1S/C27H36FN3O/c28-24-7-9-25(10-8-24)30-17-19-31(20-18-30)26-11-13-27(32,14-12-26)23-5-3-22(4-6-23)21-29-15-1-2-16-29/h3-10,26,32H,1-2,11-21H2/t26-,27-. The maximum Gasteiger partial charge on any atom is 0.123 e. The summed E-state index contributed by atoms with van der Waals surface area (Å²) in [6.45, 7) is 7.48. The summed E-state index contributed by atoms with van der Waals surface area (Å²) in [4.78, 5) is 7.46. The summed E-state index contributed by atoms with van der Waals surface area (Å²) in [5.41, 5.74) is 2.87. The Morgan fingerprint density at radius 3 is 2.06 bits per heavy atom. The molecular weight excluding hydrogens is 401 g/mol. The van der Waals surface area contributed by atoms with Crippen molar-refractivity contribution in [2.45, 2.75) is 56.7 Å². The van der Waals surface area contributed by atoms with E-state index >= 15 is 0 Å².